The number of methoxy groups -OCH3 is 1. The highest BCUT2D eigenvalue weighted by Gasteiger charge is 2.52. The number of piperidine rings is 1. The van der Waals surface area contributed by atoms with Crippen LogP contribution in [0.25, 0.3) is 0 Å². The fraction of sp³-hybridized carbons (Fsp3) is 0.375. The van der Waals surface area contributed by atoms with Crippen LogP contribution in [0.1, 0.15) is 24.0 Å². The summed E-state index contributed by atoms with van der Waals surface area (Å²) in [5.74, 6) is -0.561. The highest BCUT2D eigenvalue weighted by atomic mass is 16.5. The second-order valence-corrected chi connectivity index (χ2v) is 8.15. The van der Waals surface area contributed by atoms with Crippen LogP contribution >= 0.6 is 0 Å². The van der Waals surface area contributed by atoms with Gasteiger partial charge in [-0.15, -0.1) is 0 Å². The first-order chi connectivity index (χ1) is 15.0. The number of nitrogens with one attached hydrogen (secondary N) is 1. The zero-order valence-corrected chi connectivity index (χ0v) is 17.6. The fourth-order valence-corrected chi connectivity index (χ4v) is 4.47. The van der Waals surface area contributed by atoms with E-state index in [4.69, 9.17) is 4.74 Å². The van der Waals surface area contributed by atoms with Gasteiger partial charge in [0.2, 0.25) is 0 Å². The first-order valence-electron chi connectivity index (χ1n) is 10.6. The number of hydrogen-bond donors (Lipinski definition) is 1. The van der Waals surface area contributed by atoms with Gasteiger partial charge in [0.05, 0.1) is 19.7 Å². The van der Waals surface area contributed by atoms with Gasteiger partial charge in [0, 0.05) is 19.5 Å². The van der Waals surface area contributed by atoms with E-state index in [9.17, 15) is 14.4 Å². The van der Waals surface area contributed by atoms with Crippen molar-refractivity contribution in [3.63, 3.8) is 0 Å². The molecular weight excluding hydrogens is 394 g/mol. The van der Waals surface area contributed by atoms with Crippen molar-refractivity contribution in [2.45, 2.75) is 24.8 Å². The largest absolute Gasteiger partial charge is 0.469 e. The smallest absolute Gasteiger partial charge is 0.326 e. The third-order valence-corrected chi connectivity index (χ3v) is 6.22. The third-order valence-electron chi connectivity index (χ3n) is 6.22. The van der Waals surface area contributed by atoms with E-state index < -0.39 is 5.54 Å². The number of esters is 1. The zero-order chi connectivity index (χ0) is 21.8. The Kier molecular flexibility index (Phi) is 6.04. The first-order valence-corrected chi connectivity index (χ1v) is 10.6. The minimum absolute atomic E-state index is 0.120. The Morgan fingerprint density at radius 1 is 1.03 bits per heavy atom. The van der Waals surface area contributed by atoms with Crippen molar-refractivity contribution in [3.05, 3.63) is 71.8 Å². The Labute approximate surface area is 182 Å². The molecule has 0 saturated carbocycles. The molecule has 2 aliphatic rings. The summed E-state index contributed by atoms with van der Waals surface area (Å²) >= 11 is 0. The molecule has 1 N–H and O–H groups in total. The lowest BCUT2D eigenvalue weighted by Crippen LogP contribution is -2.48. The Hall–Kier alpha value is -3.19. The zero-order valence-electron chi connectivity index (χ0n) is 17.6. The van der Waals surface area contributed by atoms with E-state index >= 15 is 0 Å². The molecule has 2 aliphatic heterocycles. The minimum Gasteiger partial charge on any atom is -0.469 e. The van der Waals surface area contributed by atoms with Crippen LogP contribution < -0.4 is 5.32 Å². The predicted octanol–water partition coefficient (Wildman–Crippen LogP) is 2.52. The van der Waals surface area contributed by atoms with E-state index in [1.54, 1.807) is 0 Å². The summed E-state index contributed by atoms with van der Waals surface area (Å²) in [6.45, 7) is 1.48. The number of likely N-dealkylation sites (tertiary alicyclic amines) is 1. The van der Waals surface area contributed by atoms with Crippen LogP contribution in [0.5, 0.6) is 0 Å². The van der Waals surface area contributed by atoms with Crippen molar-refractivity contribution >= 4 is 17.9 Å². The molecule has 2 fully saturated rings. The molecule has 7 nitrogen and oxygen atoms in total. The highest BCUT2D eigenvalue weighted by Crippen LogP contribution is 2.33. The minimum atomic E-state index is -1.13. The maximum atomic E-state index is 13.7. The molecule has 0 radical (unpaired) electrons. The number of hydrogen-bond acceptors (Lipinski definition) is 5. The van der Waals surface area contributed by atoms with Gasteiger partial charge in [-0.3, -0.25) is 14.5 Å². The molecular formula is C24H27N3O4. The molecule has 3 amide bonds. The summed E-state index contributed by atoms with van der Waals surface area (Å²) in [4.78, 5) is 41.7. The fourth-order valence-electron chi connectivity index (χ4n) is 4.47. The highest BCUT2D eigenvalue weighted by molar-refractivity contribution is 6.07. The SMILES string of the molecule is COC(=O)C1CCN(CN2C(=O)N[C@](Cc3ccccc3)(c3ccccc3)C2=O)CC1. The van der Waals surface area contributed by atoms with Gasteiger partial charge in [0.25, 0.3) is 5.91 Å². The number of amides is 3. The standard InChI is InChI=1S/C24H27N3O4/c1-31-21(28)19-12-14-26(15-13-19)17-27-22(29)24(25-23(27)30,20-10-6-3-7-11-20)16-18-8-4-2-5-9-18/h2-11,19H,12-17H2,1H3,(H,25,30)/t24-/m1/s1. The van der Waals surface area contributed by atoms with Crippen LogP contribution in [0.15, 0.2) is 60.7 Å². The van der Waals surface area contributed by atoms with E-state index in [2.05, 4.69) is 5.32 Å². The molecule has 0 spiro atoms. The van der Waals surface area contributed by atoms with E-state index in [0.29, 0.717) is 32.4 Å². The Morgan fingerprint density at radius 3 is 2.26 bits per heavy atom. The van der Waals surface area contributed by atoms with Crippen molar-refractivity contribution in [1.82, 2.24) is 15.1 Å². The van der Waals surface area contributed by atoms with Crippen LogP contribution in [0.3, 0.4) is 0 Å². The molecule has 31 heavy (non-hydrogen) atoms. The molecule has 0 aromatic heterocycles. The lowest BCUT2D eigenvalue weighted by atomic mass is 9.83. The van der Waals surface area contributed by atoms with Crippen LogP contribution in [-0.2, 0) is 26.3 Å². The average Bonchev–Trinajstić information content (AvgIpc) is 3.05. The molecule has 0 bridgehead atoms. The molecule has 4 rings (SSSR count). The van der Waals surface area contributed by atoms with E-state index in [0.717, 1.165) is 11.1 Å². The Bertz CT molecular complexity index is 942. The monoisotopic (exact) mass is 421 g/mol. The third kappa shape index (κ3) is 4.18. The second kappa shape index (κ2) is 8.89. The first kappa shape index (κ1) is 21.1. The summed E-state index contributed by atoms with van der Waals surface area (Å²) in [5, 5.41) is 2.99. The predicted molar refractivity (Wildman–Crippen MR) is 115 cm³/mol. The quantitative estimate of drug-likeness (QED) is 0.573. The van der Waals surface area contributed by atoms with Gasteiger partial charge in [-0.25, -0.2) is 9.69 Å². The van der Waals surface area contributed by atoms with Gasteiger partial charge in [-0.1, -0.05) is 60.7 Å². The van der Waals surface area contributed by atoms with E-state index in [-0.39, 0.29) is 30.5 Å². The second-order valence-electron chi connectivity index (χ2n) is 8.15. The van der Waals surface area contributed by atoms with Crippen molar-refractivity contribution in [2.24, 2.45) is 5.92 Å². The van der Waals surface area contributed by atoms with E-state index in [1.165, 1.54) is 12.0 Å². The molecule has 2 aromatic rings. The number of urea groups is 1. The molecule has 0 unspecified atom stereocenters. The van der Waals surface area contributed by atoms with Gasteiger partial charge < -0.3 is 10.1 Å². The summed E-state index contributed by atoms with van der Waals surface area (Å²) in [5.41, 5.74) is 0.606. The number of carbonyl (C=O) groups is 3. The topological polar surface area (TPSA) is 79.0 Å². The average molecular weight is 421 g/mol. The number of rotatable bonds is 6. The summed E-state index contributed by atoms with van der Waals surface area (Å²) in [7, 11) is 1.40. The van der Waals surface area contributed by atoms with Gasteiger partial charge in [0.15, 0.2) is 5.54 Å². The van der Waals surface area contributed by atoms with Crippen LogP contribution in [0.2, 0.25) is 0 Å². The summed E-state index contributed by atoms with van der Waals surface area (Å²) in [6.07, 6.45) is 1.69. The normalized spacial score (nSPS) is 22.4. The van der Waals surface area contributed by atoms with Crippen molar-refractivity contribution in [2.75, 3.05) is 26.9 Å². The Morgan fingerprint density at radius 2 is 1.65 bits per heavy atom. The van der Waals surface area contributed by atoms with Crippen LogP contribution in [0, 0.1) is 5.92 Å². The lowest BCUT2D eigenvalue weighted by Gasteiger charge is -2.33. The maximum Gasteiger partial charge on any atom is 0.326 e. The number of benzene rings is 2. The molecule has 7 heteroatoms. The van der Waals surface area contributed by atoms with Gasteiger partial charge in [0.1, 0.15) is 0 Å². The molecule has 0 aliphatic carbocycles. The number of carbonyl (C=O) groups excluding carboxylic acids is 3. The molecule has 1 atom stereocenters. The van der Waals surface area contributed by atoms with Gasteiger partial charge in [-0.2, -0.15) is 0 Å². The summed E-state index contributed by atoms with van der Waals surface area (Å²) < 4.78 is 4.84. The molecule has 2 aromatic carbocycles. The van der Waals surface area contributed by atoms with E-state index in [1.807, 2.05) is 65.6 Å². The van der Waals surface area contributed by atoms with Gasteiger partial charge in [-0.05, 0) is 24.0 Å². The molecule has 162 valence electrons. The molecule has 2 saturated heterocycles. The molecule has 2 heterocycles. The van der Waals surface area contributed by atoms with Crippen molar-refractivity contribution in [1.29, 1.82) is 0 Å². The van der Waals surface area contributed by atoms with Crippen LogP contribution in [-0.4, -0.2) is 54.6 Å². The van der Waals surface area contributed by atoms with Gasteiger partial charge >= 0.3 is 12.0 Å². The number of ether oxygens (including phenoxy) is 1. The lowest BCUT2D eigenvalue weighted by molar-refractivity contribution is -0.147. The number of nitrogens with zero attached hydrogens (tertiary/aromatic N) is 2. The van der Waals surface area contributed by atoms with Crippen molar-refractivity contribution in [3.8, 4) is 0 Å². The van der Waals surface area contributed by atoms with Crippen LogP contribution in [0.4, 0.5) is 4.79 Å². The summed E-state index contributed by atoms with van der Waals surface area (Å²) in [6, 6.07) is 18.7. The maximum absolute atomic E-state index is 13.7. The Balaban J connectivity index is 1.54. The van der Waals surface area contributed by atoms with Crippen molar-refractivity contribution < 1.29 is 19.1 Å². The number of imide groups is 1.